The van der Waals surface area contributed by atoms with Gasteiger partial charge in [-0.25, -0.2) is 9.97 Å². The van der Waals surface area contributed by atoms with Crippen LogP contribution in [-0.2, 0) is 24.6 Å². The molecule has 3 aromatic heterocycles. The maximum atomic E-state index is 13.7. The molecule has 0 aromatic carbocycles. The molecule has 1 aliphatic carbocycles. The summed E-state index contributed by atoms with van der Waals surface area (Å²) in [5, 5.41) is 2.99. The van der Waals surface area contributed by atoms with Crippen molar-refractivity contribution in [1.29, 1.82) is 0 Å². The molecule has 5 rings (SSSR count). The lowest BCUT2D eigenvalue weighted by atomic mass is 10.1. The van der Waals surface area contributed by atoms with Gasteiger partial charge in [-0.2, -0.15) is 0 Å². The largest absolute Gasteiger partial charge is 0.487 e. The highest BCUT2D eigenvalue weighted by atomic mass is 28.3. The van der Waals surface area contributed by atoms with E-state index in [2.05, 4.69) is 29.9 Å². The van der Waals surface area contributed by atoms with Crippen LogP contribution in [0.15, 0.2) is 23.3 Å². The molecule has 2 aliphatic rings. The molecule has 238 valence electrons. The summed E-state index contributed by atoms with van der Waals surface area (Å²) >= 11 is 0. The molecule has 12 heteroatoms. The molecule has 1 N–H and O–H groups in total. The summed E-state index contributed by atoms with van der Waals surface area (Å²) in [6, 6.07) is 2.50. The Morgan fingerprint density at radius 2 is 1.93 bits per heavy atom. The number of nitrogens with zero attached hydrogens (tertiary/aromatic N) is 5. The zero-order valence-electron chi connectivity index (χ0n) is 26.9. The van der Waals surface area contributed by atoms with Crippen LogP contribution >= 0.6 is 0 Å². The van der Waals surface area contributed by atoms with E-state index in [0.29, 0.717) is 54.6 Å². The second kappa shape index (κ2) is 13.2. The summed E-state index contributed by atoms with van der Waals surface area (Å²) in [5.41, 5.74) is 2.91. The minimum absolute atomic E-state index is 0.0170. The fourth-order valence-corrected chi connectivity index (χ4v) is 6.16. The normalized spacial score (nSPS) is 15.2. The summed E-state index contributed by atoms with van der Waals surface area (Å²) in [5.74, 6) is -0.0836. The molecule has 3 aromatic rings. The Hall–Kier alpha value is -3.51. The van der Waals surface area contributed by atoms with Crippen molar-refractivity contribution in [2.24, 2.45) is 0 Å². The van der Waals surface area contributed by atoms with Crippen LogP contribution in [0.3, 0.4) is 0 Å². The van der Waals surface area contributed by atoms with Crippen LogP contribution in [0.25, 0.3) is 11.2 Å². The third-order valence-electron chi connectivity index (χ3n) is 8.23. The maximum Gasteiger partial charge on any atom is 0.274 e. The van der Waals surface area contributed by atoms with Crippen molar-refractivity contribution in [3.63, 3.8) is 0 Å². The van der Waals surface area contributed by atoms with Gasteiger partial charge >= 0.3 is 0 Å². The summed E-state index contributed by atoms with van der Waals surface area (Å²) in [7, 11) is -1.24. The summed E-state index contributed by atoms with van der Waals surface area (Å²) in [6.45, 7) is 15.2. The number of carbonyl (C=O) groups is 2. The number of hydrogen-bond donors (Lipinski definition) is 1. The molecule has 0 unspecified atom stereocenters. The first-order chi connectivity index (χ1) is 21.0. The van der Waals surface area contributed by atoms with Crippen molar-refractivity contribution in [3.05, 3.63) is 51.3 Å². The standard InChI is InChI=1S/C32H46N6O5Si/c1-7-8-13-43-29-26(39)16-23(38-12-11-37(21(2)3)32(41)28(29)38)17-34-31(40)24-19-36(20-42-14-15-44(4,5)6)30-27(24)35-25(18-33-30)22-9-10-22/h16,18-19,21-22H,7-15,17,20H2,1-6H3,(H,34,40). The Morgan fingerprint density at radius 3 is 2.61 bits per heavy atom. The van der Waals surface area contributed by atoms with Crippen molar-refractivity contribution < 1.29 is 19.1 Å². The van der Waals surface area contributed by atoms with Crippen LogP contribution in [0, 0.1) is 0 Å². The molecule has 1 saturated carbocycles. The lowest BCUT2D eigenvalue weighted by Gasteiger charge is -2.34. The van der Waals surface area contributed by atoms with E-state index in [0.717, 1.165) is 37.4 Å². The van der Waals surface area contributed by atoms with E-state index in [1.807, 2.05) is 29.9 Å². The van der Waals surface area contributed by atoms with E-state index in [1.165, 1.54) is 6.07 Å². The van der Waals surface area contributed by atoms with Crippen molar-refractivity contribution in [2.75, 3.05) is 19.8 Å². The Bertz CT molecular complexity index is 1590. The number of fused-ring (bicyclic) bond motifs is 2. The Balaban J connectivity index is 1.41. The minimum atomic E-state index is -1.24. The number of nitrogens with one attached hydrogen (secondary N) is 1. The molecular weight excluding hydrogens is 576 g/mol. The second-order valence-corrected chi connectivity index (χ2v) is 19.0. The first-order valence-corrected chi connectivity index (χ1v) is 19.6. The van der Waals surface area contributed by atoms with E-state index in [1.54, 1.807) is 17.3 Å². The number of amides is 2. The lowest BCUT2D eigenvalue weighted by molar-refractivity contribution is 0.0637. The van der Waals surface area contributed by atoms with Gasteiger partial charge in [-0.15, -0.1) is 0 Å². The zero-order valence-corrected chi connectivity index (χ0v) is 27.9. The fourth-order valence-electron chi connectivity index (χ4n) is 5.40. The van der Waals surface area contributed by atoms with Crippen molar-refractivity contribution in [3.8, 4) is 5.75 Å². The first kappa shape index (κ1) is 31.9. The SMILES string of the molecule is CCCCOc1c2n(c(CNC(=O)c3cn(COCC[Si](C)(C)C)c4ncc(C5CC5)nc34)cc1=O)CCN(C(C)C)C2=O. The smallest absolute Gasteiger partial charge is 0.274 e. The quantitative estimate of drug-likeness (QED) is 0.203. The van der Waals surface area contributed by atoms with Gasteiger partial charge < -0.3 is 28.8 Å². The van der Waals surface area contributed by atoms with E-state index in [9.17, 15) is 14.4 Å². The van der Waals surface area contributed by atoms with Crippen LogP contribution in [-0.4, -0.2) is 69.7 Å². The van der Waals surface area contributed by atoms with Crippen LogP contribution < -0.4 is 15.5 Å². The molecular formula is C32H46N6O5Si. The Kier molecular flexibility index (Phi) is 9.59. The Morgan fingerprint density at radius 1 is 1.16 bits per heavy atom. The van der Waals surface area contributed by atoms with E-state index in [4.69, 9.17) is 14.5 Å². The molecule has 1 aliphatic heterocycles. The fraction of sp³-hybridized carbons (Fsp3) is 0.594. The van der Waals surface area contributed by atoms with Gasteiger partial charge in [-0.3, -0.25) is 14.4 Å². The van der Waals surface area contributed by atoms with Crippen LogP contribution in [0.5, 0.6) is 5.75 Å². The lowest BCUT2D eigenvalue weighted by Crippen LogP contribution is -2.46. The number of pyridine rings is 1. The predicted octanol–water partition coefficient (Wildman–Crippen LogP) is 4.76. The molecule has 0 saturated heterocycles. The molecule has 1 fully saturated rings. The highest BCUT2D eigenvalue weighted by Crippen LogP contribution is 2.39. The minimum Gasteiger partial charge on any atom is -0.487 e. The molecule has 4 heterocycles. The third kappa shape index (κ3) is 7.07. The second-order valence-electron chi connectivity index (χ2n) is 13.4. The van der Waals surface area contributed by atoms with E-state index >= 15 is 0 Å². The third-order valence-corrected chi connectivity index (χ3v) is 9.93. The zero-order chi connectivity index (χ0) is 31.6. The topological polar surface area (TPSA) is 121 Å². The van der Waals surface area contributed by atoms with Crippen molar-refractivity contribution in [2.45, 2.75) is 104 Å². The van der Waals surface area contributed by atoms with Crippen molar-refractivity contribution in [1.82, 2.24) is 29.3 Å². The number of carbonyl (C=O) groups excluding carboxylic acids is 2. The molecule has 0 radical (unpaired) electrons. The van der Waals surface area contributed by atoms with Gasteiger partial charge in [0.15, 0.2) is 17.1 Å². The number of hydrogen-bond acceptors (Lipinski definition) is 7. The average molecular weight is 623 g/mol. The molecule has 0 spiro atoms. The van der Waals surface area contributed by atoms with E-state index in [-0.39, 0.29) is 48.0 Å². The molecule has 44 heavy (non-hydrogen) atoms. The highest BCUT2D eigenvalue weighted by Gasteiger charge is 2.33. The van der Waals surface area contributed by atoms with Crippen LogP contribution in [0.1, 0.15) is 84.6 Å². The van der Waals surface area contributed by atoms with Gasteiger partial charge in [0.1, 0.15) is 12.2 Å². The summed E-state index contributed by atoms with van der Waals surface area (Å²) in [6.07, 6.45) is 7.40. The Labute approximate surface area is 260 Å². The molecule has 2 amide bonds. The monoisotopic (exact) mass is 622 g/mol. The van der Waals surface area contributed by atoms with Gasteiger partial charge in [0, 0.05) is 57.7 Å². The van der Waals surface area contributed by atoms with Gasteiger partial charge in [0.25, 0.3) is 11.8 Å². The van der Waals surface area contributed by atoms with Gasteiger partial charge in [0.2, 0.25) is 5.43 Å². The highest BCUT2D eigenvalue weighted by molar-refractivity contribution is 6.76. The van der Waals surface area contributed by atoms with E-state index < -0.39 is 8.07 Å². The van der Waals surface area contributed by atoms with Crippen LogP contribution in [0.4, 0.5) is 0 Å². The average Bonchev–Trinajstić information content (AvgIpc) is 3.76. The first-order valence-electron chi connectivity index (χ1n) is 15.9. The van der Waals surface area contributed by atoms with Crippen LogP contribution in [0.2, 0.25) is 25.7 Å². The van der Waals surface area contributed by atoms with Gasteiger partial charge in [-0.05, 0) is 39.2 Å². The van der Waals surface area contributed by atoms with Crippen molar-refractivity contribution >= 4 is 31.1 Å². The molecule has 0 atom stereocenters. The molecule has 0 bridgehead atoms. The van der Waals surface area contributed by atoms with Gasteiger partial charge in [0.05, 0.1) is 30.6 Å². The summed E-state index contributed by atoms with van der Waals surface area (Å²) in [4.78, 5) is 51.8. The van der Waals surface area contributed by atoms with Gasteiger partial charge in [-0.1, -0.05) is 33.0 Å². The molecule has 11 nitrogen and oxygen atoms in total. The predicted molar refractivity (Wildman–Crippen MR) is 172 cm³/mol. The maximum absolute atomic E-state index is 13.7. The number of aromatic nitrogens is 4. The number of unbranched alkanes of at least 4 members (excludes halogenated alkanes) is 1. The number of ether oxygens (including phenoxy) is 2. The summed E-state index contributed by atoms with van der Waals surface area (Å²) < 4.78 is 15.5. The number of rotatable bonds is 14.